The molecule has 0 fully saturated rings. The molecule has 0 amide bonds. The molecule has 17 heavy (non-hydrogen) atoms. The zero-order valence-corrected chi connectivity index (χ0v) is 11.7. The van der Waals surface area contributed by atoms with Gasteiger partial charge in [0.2, 0.25) is 0 Å². The minimum absolute atomic E-state index is 0.307. The summed E-state index contributed by atoms with van der Waals surface area (Å²) in [4.78, 5) is 12.4. The summed E-state index contributed by atoms with van der Waals surface area (Å²) in [5.74, 6) is 1.54. The molecule has 0 atom stereocenters. The van der Waals surface area contributed by atoms with Crippen molar-refractivity contribution in [1.82, 2.24) is 0 Å². The second-order valence-corrected chi connectivity index (χ2v) is 5.67. The zero-order chi connectivity index (χ0) is 12.3. The Bertz CT molecular complexity index is 578. The molecule has 1 heterocycles. The normalized spacial score (nSPS) is 10.5. The Morgan fingerprint density at radius 1 is 1.29 bits per heavy atom. The van der Waals surface area contributed by atoms with Crippen molar-refractivity contribution in [1.29, 1.82) is 0 Å². The first-order chi connectivity index (χ1) is 8.19. The van der Waals surface area contributed by atoms with Crippen molar-refractivity contribution >= 4 is 27.7 Å². The third kappa shape index (κ3) is 3.23. The average Bonchev–Trinajstić information content (AvgIpc) is 2.28. The molecular formula is C13H11BrO2S. The van der Waals surface area contributed by atoms with Crippen LogP contribution < -0.4 is 5.63 Å². The molecule has 0 aliphatic carbocycles. The number of hydrogen-bond acceptors (Lipinski definition) is 3. The minimum atomic E-state index is -0.307. The van der Waals surface area contributed by atoms with Gasteiger partial charge in [-0.15, -0.1) is 11.8 Å². The van der Waals surface area contributed by atoms with E-state index >= 15 is 0 Å². The van der Waals surface area contributed by atoms with Crippen LogP contribution in [0.1, 0.15) is 6.92 Å². The third-order valence-electron chi connectivity index (χ3n) is 2.16. The molecule has 0 spiro atoms. The van der Waals surface area contributed by atoms with E-state index in [4.69, 9.17) is 4.42 Å². The van der Waals surface area contributed by atoms with Gasteiger partial charge in [-0.2, -0.15) is 0 Å². The van der Waals surface area contributed by atoms with E-state index in [1.165, 1.54) is 6.07 Å². The van der Waals surface area contributed by atoms with Gasteiger partial charge in [-0.1, -0.05) is 35.0 Å². The lowest BCUT2D eigenvalue weighted by atomic mass is 10.2. The Labute approximate surface area is 112 Å². The van der Waals surface area contributed by atoms with E-state index in [0.29, 0.717) is 5.76 Å². The number of benzene rings is 1. The largest absolute Gasteiger partial charge is 0.423 e. The van der Waals surface area contributed by atoms with Gasteiger partial charge in [0.1, 0.15) is 5.76 Å². The summed E-state index contributed by atoms with van der Waals surface area (Å²) in [6.07, 6.45) is 0. The molecule has 0 saturated heterocycles. The first-order valence-corrected chi connectivity index (χ1v) is 7.01. The van der Waals surface area contributed by atoms with Crippen LogP contribution in [-0.4, -0.2) is 5.75 Å². The topological polar surface area (TPSA) is 30.2 Å². The molecule has 0 aliphatic heterocycles. The SMILES string of the molecule is CCSc1cc(-c2cccc(Br)c2)oc(=O)c1. The van der Waals surface area contributed by atoms with Crippen LogP contribution in [0.15, 0.2) is 55.0 Å². The van der Waals surface area contributed by atoms with E-state index in [1.54, 1.807) is 11.8 Å². The first-order valence-electron chi connectivity index (χ1n) is 5.23. The molecule has 0 unspecified atom stereocenters. The molecular weight excluding hydrogens is 300 g/mol. The van der Waals surface area contributed by atoms with E-state index in [2.05, 4.69) is 22.9 Å². The van der Waals surface area contributed by atoms with Crippen molar-refractivity contribution in [2.75, 3.05) is 5.75 Å². The molecule has 1 aromatic carbocycles. The van der Waals surface area contributed by atoms with Gasteiger partial charge in [0, 0.05) is 21.0 Å². The van der Waals surface area contributed by atoms with Gasteiger partial charge < -0.3 is 4.42 Å². The fourth-order valence-corrected chi connectivity index (χ4v) is 2.59. The van der Waals surface area contributed by atoms with E-state index in [9.17, 15) is 4.79 Å². The van der Waals surface area contributed by atoms with E-state index in [0.717, 1.165) is 20.7 Å². The first kappa shape index (κ1) is 12.5. The highest BCUT2D eigenvalue weighted by atomic mass is 79.9. The standard InChI is InChI=1S/C13H11BrO2S/c1-2-17-11-7-12(16-13(15)8-11)9-4-3-5-10(14)6-9/h3-8H,2H2,1H3. The van der Waals surface area contributed by atoms with Gasteiger partial charge in [0.25, 0.3) is 0 Å². The van der Waals surface area contributed by atoms with Crippen LogP contribution in [0, 0.1) is 0 Å². The smallest absolute Gasteiger partial charge is 0.337 e. The average molecular weight is 311 g/mol. The van der Waals surface area contributed by atoms with Crippen LogP contribution >= 0.6 is 27.7 Å². The Morgan fingerprint density at radius 2 is 2.12 bits per heavy atom. The summed E-state index contributed by atoms with van der Waals surface area (Å²) < 4.78 is 6.18. The zero-order valence-electron chi connectivity index (χ0n) is 9.27. The molecule has 2 nitrogen and oxygen atoms in total. The lowest BCUT2D eigenvalue weighted by Crippen LogP contribution is -1.98. The highest BCUT2D eigenvalue weighted by Crippen LogP contribution is 2.25. The van der Waals surface area contributed by atoms with Crippen LogP contribution in [0.4, 0.5) is 0 Å². The number of thioether (sulfide) groups is 1. The molecule has 0 aliphatic rings. The highest BCUT2D eigenvalue weighted by Gasteiger charge is 2.05. The summed E-state index contributed by atoms with van der Waals surface area (Å²) in [5, 5.41) is 0. The lowest BCUT2D eigenvalue weighted by molar-refractivity contribution is 0.521. The number of halogens is 1. The van der Waals surface area contributed by atoms with Crippen molar-refractivity contribution < 1.29 is 4.42 Å². The molecule has 2 rings (SSSR count). The summed E-state index contributed by atoms with van der Waals surface area (Å²) >= 11 is 5.03. The molecule has 0 saturated carbocycles. The molecule has 0 radical (unpaired) electrons. The van der Waals surface area contributed by atoms with Crippen LogP contribution in [-0.2, 0) is 0 Å². The molecule has 0 N–H and O–H groups in total. The molecule has 4 heteroatoms. The van der Waals surface area contributed by atoms with Crippen LogP contribution in [0.3, 0.4) is 0 Å². The van der Waals surface area contributed by atoms with Crippen molar-refractivity contribution in [2.24, 2.45) is 0 Å². The Morgan fingerprint density at radius 3 is 2.82 bits per heavy atom. The van der Waals surface area contributed by atoms with Gasteiger partial charge in [0.05, 0.1) is 0 Å². The van der Waals surface area contributed by atoms with Crippen molar-refractivity contribution in [3.8, 4) is 11.3 Å². The van der Waals surface area contributed by atoms with Gasteiger partial charge in [-0.25, -0.2) is 4.79 Å². The number of rotatable bonds is 3. The summed E-state index contributed by atoms with van der Waals surface area (Å²) in [6.45, 7) is 2.05. The molecule has 1 aromatic heterocycles. The van der Waals surface area contributed by atoms with Crippen LogP contribution in [0.2, 0.25) is 0 Å². The molecule has 0 bridgehead atoms. The van der Waals surface area contributed by atoms with E-state index < -0.39 is 0 Å². The maximum Gasteiger partial charge on any atom is 0.337 e. The fourth-order valence-electron chi connectivity index (χ4n) is 1.49. The van der Waals surface area contributed by atoms with Gasteiger partial charge in [0.15, 0.2) is 0 Å². The second kappa shape index (κ2) is 5.56. The van der Waals surface area contributed by atoms with E-state index in [1.807, 2.05) is 30.3 Å². The minimum Gasteiger partial charge on any atom is -0.423 e. The second-order valence-electron chi connectivity index (χ2n) is 3.42. The third-order valence-corrected chi connectivity index (χ3v) is 3.52. The van der Waals surface area contributed by atoms with Crippen molar-refractivity contribution in [3.63, 3.8) is 0 Å². The predicted octanol–water partition coefficient (Wildman–Crippen LogP) is 4.18. The monoisotopic (exact) mass is 310 g/mol. The maximum atomic E-state index is 11.5. The molecule has 88 valence electrons. The highest BCUT2D eigenvalue weighted by molar-refractivity contribution is 9.10. The Kier molecular flexibility index (Phi) is 4.07. The van der Waals surface area contributed by atoms with Gasteiger partial charge in [-0.3, -0.25) is 0 Å². The van der Waals surface area contributed by atoms with Crippen molar-refractivity contribution in [2.45, 2.75) is 11.8 Å². The van der Waals surface area contributed by atoms with Gasteiger partial charge >= 0.3 is 5.63 Å². The Balaban J connectivity index is 2.48. The summed E-state index contributed by atoms with van der Waals surface area (Å²) in [7, 11) is 0. The van der Waals surface area contributed by atoms with Crippen LogP contribution in [0.25, 0.3) is 11.3 Å². The number of hydrogen-bond donors (Lipinski definition) is 0. The summed E-state index contributed by atoms with van der Waals surface area (Å²) in [5.41, 5.74) is 0.591. The van der Waals surface area contributed by atoms with Crippen molar-refractivity contribution in [3.05, 3.63) is 51.3 Å². The summed E-state index contributed by atoms with van der Waals surface area (Å²) in [6, 6.07) is 11.1. The maximum absolute atomic E-state index is 11.5. The van der Waals surface area contributed by atoms with Crippen LogP contribution in [0.5, 0.6) is 0 Å². The molecule has 2 aromatic rings. The fraction of sp³-hybridized carbons (Fsp3) is 0.154. The predicted molar refractivity (Wildman–Crippen MR) is 74.5 cm³/mol. The quantitative estimate of drug-likeness (QED) is 0.797. The van der Waals surface area contributed by atoms with Gasteiger partial charge in [-0.05, 0) is 24.0 Å². The van der Waals surface area contributed by atoms with E-state index in [-0.39, 0.29) is 5.63 Å². The lowest BCUT2D eigenvalue weighted by Gasteiger charge is -2.03. The Hall–Kier alpha value is -1.00.